The van der Waals surface area contributed by atoms with E-state index in [2.05, 4.69) is 24.4 Å². The maximum absolute atomic E-state index is 11.8. The molecule has 0 aliphatic carbocycles. The Labute approximate surface area is 139 Å². The lowest BCUT2D eigenvalue weighted by molar-refractivity contribution is -0.132. The average Bonchev–Trinajstić information content (AvgIpc) is 2.59. The van der Waals surface area contributed by atoms with Gasteiger partial charge in [-0.15, -0.1) is 0 Å². The lowest BCUT2D eigenvalue weighted by Gasteiger charge is -2.37. The van der Waals surface area contributed by atoms with E-state index in [0.717, 1.165) is 37.4 Å². The highest BCUT2D eigenvalue weighted by molar-refractivity contribution is 5.75. The van der Waals surface area contributed by atoms with Gasteiger partial charge in [0.05, 0.1) is 7.11 Å². The second kappa shape index (κ2) is 8.73. The standard InChI is InChI=1S/C19H28N2O2/c1-4-19(22)21-13-11-17(15(2)14-21)20-12-7-9-16-8-5-6-10-18(16)23-3/h5-10,15,17,20H,4,11-14H2,1-3H3. The fourth-order valence-electron chi connectivity index (χ4n) is 3.11. The third-order valence-electron chi connectivity index (χ3n) is 4.49. The van der Waals surface area contributed by atoms with Gasteiger partial charge in [-0.05, 0) is 18.4 Å². The van der Waals surface area contributed by atoms with Crippen molar-refractivity contribution in [3.05, 3.63) is 35.9 Å². The van der Waals surface area contributed by atoms with E-state index in [9.17, 15) is 4.79 Å². The Morgan fingerprint density at radius 3 is 2.91 bits per heavy atom. The van der Waals surface area contributed by atoms with Crippen LogP contribution in [0.3, 0.4) is 0 Å². The lowest BCUT2D eigenvalue weighted by atomic mass is 9.93. The summed E-state index contributed by atoms with van der Waals surface area (Å²) in [6.45, 7) is 6.71. The molecule has 1 N–H and O–H groups in total. The highest BCUT2D eigenvalue weighted by Gasteiger charge is 2.27. The quantitative estimate of drug-likeness (QED) is 0.877. The minimum absolute atomic E-state index is 0.270. The van der Waals surface area contributed by atoms with Crippen LogP contribution in [0.5, 0.6) is 5.75 Å². The van der Waals surface area contributed by atoms with Crippen molar-refractivity contribution < 1.29 is 9.53 Å². The second-order valence-corrected chi connectivity index (χ2v) is 6.12. The topological polar surface area (TPSA) is 41.6 Å². The Bertz CT molecular complexity index is 542. The first-order valence-corrected chi connectivity index (χ1v) is 8.46. The van der Waals surface area contributed by atoms with Crippen molar-refractivity contribution in [1.82, 2.24) is 10.2 Å². The largest absolute Gasteiger partial charge is 0.496 e. The Morgan fingerprint density at radius 2 is 2.22 bits per heavy atom. The van der Waals surface area contributed by atoms with E-state index in [1.807, 2.05) is 36.1 Å². The highest BCUT2D eigenvalue weighted by atomic mass is 16.5. The molecule has 1 amide bonds. The number of benzene rings is 1. The summed E-state index contributed by atoms with van der Waals surface area (Å²) in [6, 6.07) is 8.47. The number of hydrogen-bond acceptors (Lipinski definition) is 3. The van der Waals surface area contributed by atoms with Gasteiger partial charge in [-0.2, -0.15) is 0 Å². The Morgan fingerprint density at radius 1 is 1.43 bits per heavy atom. The molecule has 0 saturated carbocycles. The summed E-state index contributed by atoms with van der Waals surface area (Å²) in [4.78, 5) is 13.8. The van der Waals surface area contributed by atoms with Gasteiger partial charge in [0.25, 0.3) is 0 Å². The van der Waals surface area contributed by atoms with E-state index < -0.39 is 0 Å². The summed E-state index contributed by atoms with van der Waals surface area (Å²) < 4.78 is 5.35. The maximum atomic E-state index is 11.8. The first-order chi connectivity index (χ1) is 11.2. The zero-order valence-corrected chi connectivity index (χ0v) is 14.4. The molecule has 126 valence electrons. The number of nitrogens with one attached hydrogen (secondary N) is 1. The van der Waals surface area contributed by atoms with Crippen molar-refractivity contribution in [3.63, 3.8) is 0 Å². The average molecular weight is 316 g/mol. The fraction of sp³-hybridized carbons (Fsp3) is 0.526. The predicted molar refractivity (Wildman–Crippen MR) is 94.5 cm³/mol. The molecule has 0 spiro atoms. The molecule has 23 heavy (non-hydrogen) atoms. The zero-order valence-electron chi connectivity index (χ0n) is 14.4. The van der Waals surface area contributed by atoms with E-state index in [0.29, 0.717) is 18.4 Å². The van der Waals surface area contributed by atoms with E-state index in [1.165, 1.54) is 0 Å². The summed E-state index contributed by atoms with van der Waals surface area (Å²) >= 11 is 0. The fourth-order valence-corrected chi connectivity index (χ4v) is 3.11. The number of methoxy groups -OCH3 is 1. The number of hydrogen-bond donors (Lipinski definition) is 1. The van der Waals surface area contributed by atoms with E-state index in [-0.39, 0.29) is 5.91 Å². The molecule has 0 bridgehead atoms. The van der Waals surface area contributed by atoms with Crippen molar-refractivity contribution in [2.45, 2.75) is 32.7 Å². The van der Waals surface area contributed by atoms with Crippen LogP contribution in [0.25, 0.3) is 6.08 Å². The molecular formula is C19H28N2O2. The molecule has 1 aliphatic heterocycles. The van der Waals surface area contributed by atoms with Crippen molar-refractivity contribution >= 4 is 12.0 Å². The number of likely N-dealkylation sites (tertiary alicyclic amines) is 1. The zero-order chi connectivity index (χ0) is 16.7. The number of nitrogens with zero attached hydrogens (tertiary/aromatic N) is 1. The van der Waals surface area contributed by atoms with Crippen molar-refractivity contribution in [2.24, 2.45) is 5.92 Å². The number of carbonyl (C=O) groups excluding carboxylic acids is 1. The van der Waals surface area contributed by atoms with Crippen LogP contribution in [0, 0.1) is 5.92 Å². The molecule has 1 saturated heterocycles. The summed E-state index contributed by atoms with van der Waals surface area (Å²) in [5, 5.41) is 3.59. The van der Waals surface area contributed by atoms with Gasteiger partial charge in [0, 0.05) is 37.7 Å². The van der Waals surface area contributed by atoms with E-state index >= 15 is 0 Å². The van der Waals surface area contributed by atoms with Crippen molar-refractivity contribution in [3.8, 4) is 5.75 Å². The van der Waals surface area contributed by atoms with Crippen molar-refractivity contribution in [1.29, 1.82) is 0 Å². The third kappa shape index (κ3) is 4.83. The number of ether oxygens (including phenoxy) is 1. The van der Waals surface area contributed by atoms with Gasteiger partial charge >= 0.3 is 0 Å². The number of amides is 1. The van der Waals surface area contributed by atoms with Crippen LogP contribution >= 0.6 is 0 Å². The Kier molecular flexibility index (Phi) is 6.66. The molecule has 2 atom stereocenters. The smallest absolute Gasteiger partial charge is 0.222 e. The Hall–Kier alpha value is -1.81. The highest BCUT2D eigenvalue weighted by Crippen LogP contribution is 2.19. The molecule has 4 nitrogen and oxygen atoms in total. The molecule has 2 rings (SSSR count). The normalized spacial score (nSPS) is 21.6. The van der Waals surface area contributed by atoms with Gasteiger partial charge in [-0.1, -0.05) is 44.2 Å². The molecule has 1 aromatic rings. The molecule has 2 unspecified atom stereocenters. The van der Waals surface area contributed by atoms with Crippen LogP contribution in [-0.4, -0.2) is 43.6 Å². The lowest BCUT2D eigenvalue weighted by Crippen LogP contribution is -2.50. The van der Waals surface area contributed by atoms with Gasteiger partial charge in [0.15, 0.2) is 0 Å². The summed E-state index contributed by atoms with van der Waals surface area (Å²) in [5.74, 6) is 1.65. The number of carbonyl (C=O) groups is 1. The minimum atomic E-state index is 0.270. The first-order valence-electron chi connectivity index (χ1n) is 8.46. The predicted octanol–water partition coefficient (Wildman–Crippen LogP) is 2.95. The monoisotopic (exact) mass is 316 g/mol. The first kappa shape index (κ1) is 17.5. The molecule has 0 aromatic heterocycles. The Balaban J connectivity index is 1.80. The third-order valence-corrected chi connectivity index (χ3v) is 4.49. The van der Waals surface area contributed by atoms with Gasteiger partial charge in [-0.3, -0.25) is 4.79 Å². The van der Waals surface area contributed by atoms with Crippen LogP contribution < -0.4 is 10.1 Å². The minimum Gasteiger partial charge on any atom is -0.496 e. The van der Waals surface area contributed by atoms with Crippen molar-refractivity contribution in [2.75, 3.05) is 26.7 Å². The van der Waals surface area contributed by atoms with Crippen LogP contribution in [0.15, 0.2) is 30.3 Å². The summed E-state index contributed by atoms with van der Waals surface area (Å²) in [5.41, 5.74) is 1.09. The molecule has 1 fully saturated rings. The molecule has 1 heterocycles. The maximum Gasteiger partial charge on any atom is 0.222 e. The molecule has 4 heteroatoms. The molecular weight excluding hydrogens is 288 g/mol. The number of para-hydroxylation sites is 1. The van der Waals surface area contributed by atoms with Crippen LogP contribution in [0.1, 0.15) is 32.3 Å². The van der Waals surface area contributed by atoms with Gasteiger partial charge in [0.1, 0.15) is 5.75 Å². The van der Waals surface area contributed by atoms with Crippen LogP contribution in [-0.2, 0) is 4.79 Å². The second-order valence-electron chi connectivity index (χ2n) is 6.12. The van der Waals surface area contributed by atoms with Gasteiger partial charge in [-0.25, -0.2) is 0 Å². The molecule has 0 radical (unpaired) electrons. The van der Waals surface area contributed by atoms with Gasteiger partial charge < -0.3 is 15.0 Å². The van der Waals surface area contributed by atoms with Crippen LogP contribution in [0.4, 0.5) is 0 Å². The SMILES string of the molecule is CCC(=O)N1CCC(NCC=Cc2ccccc2OC)C(C)C1. The van der Waals surface area contributed by atoms with E-state index in [4.69, 9.17) is 4.74 Å². The van der Waals surface area contributed by atoms with E-state index in [1.54, 1.807) is 7.11 Å². The van der Waals surface area contributed by atoms with Crippen LogP contribution in [0.2, 0.25) is 0 Å². The molecule has 1 aromatic carbocycles. The summed E-state index contributed by atoms with van der Waals surface area (Å²) in [6.07, 6.45) is 5.85. The molecule has 1 aliphatic rings. The number of rotatable bonds is 6. The number of piperidine rings is 1. The summed E-state index contributed by atoms with van der Waals surface area (Å²) in [7, 11) is 1.69. The van der Waals surface area contributed by atoms with Gasteiger partial charge in [0.2, 0.25) is 5.91 Å².